The van der Waals surface area contributed by atoms with E-state index in [1.165, 1.54) is 10.9 Å². The van der Waals surface area contributed by atoms with E-state index in [0.29, 0.717) is 16.9 Å². The summed E-state index contributed by atoms with van der Waals surface area (Å²) in [7, 11) is 0. The summed E-state index contributed by atoms with van der Waals surface area (Å²) < 4.78 is 27.2. The Bertz CT molecular complexity index is 528. The van der Waals surface area contributed by atoms with Crippen LogP contribution in [0.5, 0.6) is 0 Å². The Morgan fingerprint density at radius 3 is 2.65 bits per heavy atom. The van der Waals surface area contributed by atoms with Gasteiger partial charge < -0.3 is 0 Å². The molecule has 92 valence electrons. The maximum absolute atomic E-state index is 13.0. The second-order valence-electron chi connectivity index (χ2n) is 4.53. The SMILES string of the molecule is CC(C)c1ncc2cnn(CC(C)(F)F)c2n1. The molecule has 0 aliphatic heterocycles. The van der Waals surface area contributed by atoms with Gasteiger partial charge in [-0.3, -0.25) is 0 Å². The van der Waals surface area contributed by atoms with Gasteiger partial charge in [-0.1, -0.05) is 13.8 Å². The molecule has 0 bridgehead atoms. The van der Waals surface area contributed by atoms with E-state index in [9.17, 15) is 8.78 Å². The van der Waals surface area contributed by atoms with Gasteiger partial charge in [0.05, 0.1) is 11.6 Å². The first-order valence-electron chi connectivity index (χ1n) is 5.43. The maximum Gasteiger partial charge on any atom is 0.264 e. The van der Waals surface area contributed by atoms with Crippen LogP contribution in [0.15, 0.2) is 12.4 Å². The lowest BCUT2D eigenvalue weighted by Crippen LogP contribution is -2.20. The monoisotopic (exact) mass is 240 g/mol. The van der Waals surface area contributed by atoms with Crippen molar-refractivity contribution in [1.82, 2.24) is 19.7 Å². The summed E-state index contributed by atoms with van der Waals surface area (Å²) >= 11 is 0. The quantitative estimate of drug-likeness (QED) is 0.828. The Balaban J connectivity index is 2.47. The van der Waals surface area contributed by atoms with Crippen molar-refractivity contribution in [3.63, 3.8) is 0 Å². The van der Waals surface area contributed by atoms with Gasteiger partial charge in [0.15, 0.2) is 5.65 Å². The van der Waals surface area contributed by atoms with Crippen LogP contribution >= 0.6 is 0 Å². The van der Waals surface area contributed by atoms with Crippen molar-refractivity contribution in [3.05, 3.63) is 18.2 Å². The Kier molecular flexibility index (Phi) is 2.81. The van der Waals surface area contributed by atoms with Gasteiger partial charge in [-0.2, -0.15) is 5.10 Å². The number of alkyl halides is 2. The summed E-state index contributed by atoms with van der Waals surface area (Å²) in [5.74, 6) is -2.01. The van der Waals surface area contributed by atoms with Crippen LogP contribution in [-0.2, 0) is 6.54 Å². The van der Waals surface area contributed by atoms with Crippen LogP contribution in [0.2, 0.25) is 0 Å². The molecule has 0 radical (unpaired) electrons. The molecule has 0 aliphatic carbocycles. The van der Waals surface area contributed by atoms with Gasteiger partial charge in [0, 0.05) is 19.0 Å². The molecule has 4 nitrogen and oxygen atoms in total. The van der Waals surface area contributed by atoms with Crippen LogP contribution in [-0.4, -0.2) is 25.7 Å². The van der Waals surface area contributed by atoms with E-state index in [2.05, 4.69) is 15.1 Å². The predicted octanol–water partition coefficient (Wildman–Crippen LogP) is 2.60. The molecular weight excluding hydrogens is 226 g/mol. The number of halogens is 2. The molecule has 0 spiro atoms. The first-order chi connectivity index (χ1) is 7.87. The zero-order valence-corrected chi connectivity index (χ0v) is 9.98. The van der Waals surface area contributed by atoms with Gasteiger partial charge in [0.25, 0.3) is 5.92 Å². The molecular formula is C11H14F2N4. The molecule has 0 saturated carbocycles. The van der Waals surface area contributed by atoms with Crippen LogP contribution < -0.4 is 0 Å². The third kappa shape index (κ3) is 2.57. The molecule has 0 aliphatic rings. The van der Waals surface area contributed by atoms with E-state index in [-0.39, 0.29) is 5.92 Å². The highest BCUT2D eigenvalue weighted by Crippen LogP contribution is 2.19. The summed E-state index contributed by atoms with van der Waals surface area (Å²) in [6.45, 7) is 4.31. The molecule has 0 N–H and O–H groups in total. The predicted molar refractivity (Wildman–Crippen MR) is 60.0 cm³/mol. The number of aromatic nitrogens is 4. The average molecular weight is 240 g/mol. The number of hydrogen-bond acceptors (Lipinski definition) is 3. The second-order valence-corrected chi connectivity index (χ2v) is 4.53. The minimum absolute atomic E-state index is 0.157. The van der Waals surface area contributed by atoms with E-state index in [1.54, 1.807) is 6.20 Å². The van der Waals surface area contributed by atoms with Crippen molar-refractivity contribution < 1.29 is 8.78 Å². The van der Waals surface area contributed by atoms with E-state index < -0.39 is 12.5 Å². The van der Waals surface area contributed by atoms with Crippen molar-refractivity contribution in [2.75, 3.05) is 0 Å². The molecule has 6 heteroatoms. The Hall–Kier alpha value is -1.59. The molecule has 0 amide bonds. The third-order valence-electron chi connectivity index (χ3n) is 2.34. The summed E-state index contributed by atoms with van der Waals surface area (Å²) in [6, 6.07) is 0. The van der Waals surface area contributed by atoms with Crippen LogP contribution in [0.4, 0.5) is 8.78 Å². The smallest absolute Gasteiger partial charge is 0.241 e. The van der Waals surface area contributed by atoms with Crippen molar-refractivity contribution in [3.8, 4) is 0 Å². The highest BCUT2D eigenvalue weighted by atomic mass is 19.3. The Morgan fingerprint density at radius 2 is 2.06 bits per heavy atom. The number of nitrogens with zero attached hydrogens (tertiary/aromatic N) is 4. The zero-order chi connectivity index (χ0) is 12.6. The molecule has 0 aromatic carbocycles. The summed E-state index contributed by atoms with van der Waals surface area (Å²) in [5.41, 5.74) is 0.463. The molecule has 2 aromatic heterocycles. The molecule has 0 unspecified atom stereocenters. The fourth-order valence-electron chi connectivity index (χ4n) is 1.54. The van der Waals surface area contributed by atoms with Gasteiger partial charge in [-0.25, -0.2) is 23.4 Å². The van der Waals surface area contributed by atoms with Crippen molar-refractivity contribution >= 4 is 11.0 Å². The largest absolute Gasteiger partial charge is 0.264 e. The topological polar surface area (TPSA) is 43.6 Å². The first kappa shape index (κ1) is 11.9. The minimum Gasteiger partial charge on any atom is -0.241 e. The fraction of sp³-hybridized carbons (Fsp3) is 0.545. The third-order valence-corrected chi connectivity index (χ3v) is 2.34. The standard InChI is InChI=1S/C11H14F2N4/c1-7(2)9-14-4-8-5-15-17(10(8)16-9)6-11(3,12)13/h4-5,7H,6H2,1-3H3. The molecule has 0 fully saturated rings. The normalized spacial score (nSPS) is 12.6. The lowest BCUT2D eigenvalue weighted by molar-refractivity contribution is 0.00165. The van der Waals surface area contributed by atoms with E-state index in [4.69, 9.17) is 0 Å². The highest BCUT2D eigenvalue weighted by Gasteiger charge is 2.23. The molecule has 0 saturated heterocycles. The number of fused-ring (bicyclic) bond motifs is 1. The highest BCUT2D eigenvalue weighted by molar-refractivity contribution is 5.73. The van der Waals surface area contributed by atoms with Crippen LogP contribution in [0, 0.1) is 0 Å². The average Bonchev–Trinajstić information content (AvgIpc) is 2.58. The van der Waals surface area contributed by atoms with Gasteiger partial charge >= 0.3 is 0 Å². The number of hydrogen-bond donors (Lipinski definition) is 0. The van der Waals surface area contributed by atoms with Gasteiger partial charge in [-0.05, 0) is 0 Å². The van der Waals surface area contributed by atoms with Gasteiger partial charge in [0.1, 0.15) is 12.4 Å². The minimum atomic E-state index is -2.80. The van der Waals surface area contributed by atoms with E-state index in [0.717, 1.165) is 6.92 Å². The van der Waals surface area contributed by atoms with Crippen molar-refractivity contribution in [2.24, 2.45) is 0 Å². The number of rotatable bonds is 3. The van der Waals surface area contributed by atoms with Gasteiger partial charge in [-0.15, -0.1) is 0 Å². The molecule has 0 atom stereocenters. The van der Waals surface area contributed by atoms with Crippen LogP contribution in [0.25, 0.3) is 11.0 Å². The molecule has 2 aromatic rings. The van der Waals surface area contributed by atoms with Crippen molar-refractivity contribution in [1.29, 1.82) is 0 Å². The summed E-state index contributed by atoms with van der Waals surface area (Å²) in [6.07, 6.45) is 3.13. The molecule has 2 heterocycles. The lowest BCUT2D eigenvalue weighted by atomic mass is 10.2. The lowest BCUT2D eigenvalue weighted by Gasteiger charge is -2.10. The molecule has 2 rings (SSSR count). The Morgan fingerprint density at radius 1 is 1.35 bits per heavy atom. The van der Waals surface area contributed by atoms with E-state index in [1.807, 2.05) is 13.8 Å². The molecule has 17 heavy (non-hydrogen) atoms. The summed E-state index contributed by atoms with van der Waals surface area (Å²) in [4.78, 5) is 8.44. The zero-order valence-electron chi connectivity index (χ0n) is 9.98. The van der Waals surface area contributed by atoms with E-state index >= 15 is 0 Å². The van der Waals surface area contributed by atoms with Crippen LogP contribution in [0.3, 0.4) is 0 Å². The summed E-state index contributed by atoms with van der Waals surface area (Å²) in [5, 5.41) is 4.59. The van der Waals surface area contributed by atoms with Gasteiger partial charge in [0.2, 0.25) is 0 Å². The Labute approximate surface area is 97.7 Å². The fourth-order valence-corrected chi connectivity index (χ4v) is 1.54. The maximum atomic E-state index is 13.0. The first-order valence-corrected chi connectivity index (χ1v) is 5.43. The van der Waals surface area contributed by atoms with Crippen molar-refractivity contribution in [2.45, 2.75) is 39.2 Å². The van der Waals surface area contributed by atoms with Crippen LogP contribution in [0.1, 0.15) is 32.5 Å². The second kappa shape index (κ2) is 4.01.